The Labute approximate surface area is 164 Å². The number of esters is 1. The fraction of sp³-hybridized carbons (Fsp3) is 0.550. The average molecular weight is 389 g/mol. The van der Waals surface area contributed by atoms with Crippen LogP contribution in [-0.2, 0) is 20.7 Å². The topological polar surface area (TPSA) is 97.0 Å². The normalized spacial score (nSPS) is 19.9. The molecular weight excluding hydrogens is 362 g/mol. The Kier molecular flexibility index (Phi) is 6.86. The fourth-order valence-corrected chi connectivity index (χ4v) is 3.51. The Hall–Kier alpha value is -2.61. The van der Waals surface area contributed by atoms with Gasteiger partial charge in [0.2, 0.25) is 5.91 Å². The molecule has 2 atom stereocenters. The molecular formula is C20H27N3O5. The van der Waals surface area contributed by atoms with Crippen LogP contribution in [0.3, 0.4) is 0 Å². The number of nitrogens with one attached hydrogen (secondary N) is 2. The third-order valence-electron chi connectivity index (χ3n) is 5.11. The lowest BCUT2D eigenvalue weighted by Crippen LogP contribution is -2.49. The van der Waals surface area contributed by atoms with Crippen LogP contribution in [0.1, 0.15) is 31.2 Å². The minimum Gasteiger partial charge on any atom is -0.467 e. The van der Waals surface area contributed by atoms with Crippen molar-refractivity contribution in [2.75, 3.05) is 26.7 Å². The third-order valence-corrected chi connectivity index (χ3v) is 5.11. The predicted octanol–water partition coefficient (Wildman–Crippen LogP) is 1.23. The van der Waals surface area contributed by atoms with Crippen LogP contribution in [0.2, 0.25) is 0 Å². The van der Waals surface area contributed by atoms with E-state index in [9.17, 15) is 14.4 Å². The van der Waals surface area contributed by atoms with Gasteiger partial charge in [-0.15, -0.1) is 0 Å². The van der Waals surface area contributed by atoms with Crippen LogP contribution in [0.5, 0.6) is 5.75 Å². The molecule has 0 radical (unpaired) electrons. The Morgan fingerprint density at radius 2 is 1.89 bits per heavy atom. The van der Waals surface area contributed by atoms with E-state index in [1.807, 2.05) is 0 Å². The third kappa shape index (κ3) is 5.22. The number of amides is 2. The molecule has 1 aromatic rings. The summed E-state index contributed by atoms with van der Waals surface area (Å²) in [6, 6.07) is 5.92. The molecule has 28 heavy (non-hydrogen) atoms. The van der Waals surface area contributed by atoms with E-state index in [0.29, 0.717) is 12.2 Å². The Balaban J connectivity index is 1.58. The van der Waals surface area contributed by atoms with Crippen LogP contribution >= 0.6 is 0 Å². The lowest BCUT2D eigenvalue weighted by atomic mass is 10.0. The zero-order valence-electron chi connectivity index (χ0n) is 16.1. The molecule has 0 saturated carbocycles. The minimum atomic E-state index is -0.766. The van der Waals surface area contributed by atoms with E-state index in [-0.39, 0.29) is 18.0 Å². The number of carbonyl (C=O) groups is 3. The first-order valence-corrected chi connectivity index (χ1v) is 9.74. The molecule has 2 aliphatic heterocycles. The summed E-state index contributed by atoms with van der Waals surface area (Å²) in [4.78, 5) is 38.1. The maximum absolute atomic E-state index is 12.3. The van der Waals surface area contributed by atoms with Crippen molar-refractivity contribution in [1.29, 1.82) is 0 Å². The second-order valence-electron chi connectivity index (χ2n) is 7.14. The molecule has 1 aromatic carbocycles. The monoisotopic (exact) mass is 389 g/mol. The number of ether oxygens (including phenoxy) is 2. The maximum Gasteiger partial charge on any atom is 0.415 e. The van der Waals surface area contributed by atoms with Crippen molar-refractivity contribution in [3.05, 3.63) is 29.8 Å². The molecule has 1 unspecified atom stereocenters. The Morgan fingerprint density at radius 1 is 1.18 bits per heavy atom. The smallest absolute Gasteiger partial charge is 0.415 e. The first-order chi connectivity index (χ1) is 13.6. The zero-order valence-corrected chi connectivity index (χ0v) is 16.1. The van der Waals surface area contributed by atoms with Gasteiger partial charge in [-0.1, -0.05) is 12.1 Å². The number of nitrogens with zero attached hydrogens (tertiary/aromatic N) is 1. The molecule has 2 amide bonds. The maximum atomic E-state index is 12.3. The van der Waals surface area contributed by atoms with E-state index in [4.69, 9.17) is 9.47 Å². The quantitative estimate of drug-likeness (QED) is 0.711. The van der Waals surface area contributed by atoms with Crippen LogP contribution in [0.25, 0.3) is 0 Å². The second kappa shape index (κ2) is 9.54. The fourth-order valence-electron chi connectivity index (χ4n) is 3.51. The van der Waals surface area contributed by atoms with Gasteiger partial charge >= 0.3 is 12.1 Å². The van der Waals surface area contributed by atoms with Gasteiger partial charge in [0, 0.05) is 19.5 Å². The molecule has 2 saturated heterocycles. The summed E-state index contributed by atoms with van der Waals surface area (Å²) in [7, 11) is 1.30. The first kappa shape index (κ1) is 20.1. The van der Waals surface area contributed by atoms with Gasteiger partial charge in [-0.05, 0) is 49.9 Å². The summed E-state index contributed by atoms with van der Waals surface area (Å²) in [5, 5.41) is 5.89. The number of likely N-dealkylation sites (tertiary alicyclic amines) is 1. The molecule has 0 aromatic heterocycles. The Bertz CT molecular complexity index is 694. The number of rotatable bonds is 6. The summed E-state index contributed by atoms with van der Waals surface area (Å²) < 4.78 is 10.2. The van der Waals surface area contributed by atoms with Crippen molar-refractivity contribution in [1.82, 2.24) is 15.5 Å². The highest BCUT2D eigenvalue weighted by molar-refractivity contribution is 5.87. The highest BCUT2D eigenvalue weighted by Gasteiger charge is 2.28. The van der Waals surface area contributed by atoms with Gasteiger partial charge in [-0.3, -0.25) is 4.79 Å². The molecule has 8 heteroatoms. The van der Waals surface area contributed by atoms with Crippen molar-refractivity contribution < 1.29 is 23.9 Å². The molecule has 0 spiro atoms. The van der Waals surface area contributed by atoms with Gasteiger partial charge in [0.1, 0.15) is 11.8 Å². The lowest BCUT2D eigenvalue weighted by Gasteiger charge is -2.19. The van der Waals surface area contributed by atoms with E-state index < -0.39 is 12.0 Å². The van der Waals surface area contributed by atoms with Crippen LogP contribution in [0, 0.1) is 0 Å². The van der Waals surface area contributed by atoms with E-state index in [2.05, 4.69) is 10.6 Å². The number of hydrogen-bond donors (Lipinski definition) is 2. The standard InChI is InChI=1S/C20H27N3O5/c1-27-19(25)17(22-18(24)16-5-4-10-21-16)13-14-6-8-15(9-7-14)28-20(26)23-11-2-3-12-23/h6-9,16-17,21H,2-5,10-13H2,1H3,(H,22,24)/t16-,17?/m0/s1. The van der Waals surface area contributed by atoms with Gasteiger partial charge in [0.05, 0.1) is 13.2 Å². The largest absolute Gasteiger partial charge is 0.467 e. The Morgan fingerprint density at radius 3 is 2.50 bits per heavy atom. The highest BCUT2D eigenvalue weighted by Crippen LogP contribution is 2.17. The van der Waals surface area contributed by atoms with Crippen LogP contribution in [0.15, 0.2) is 24.3 Å². The van der Waals surface area contributed by atoms with Crippen molar-refractivity contribution in [3.8, 4) is 5.75 Å². The summed E-state index contributed by atoms with van der Waals surface area (Å²) in [6.07, 6.45) is 3.67. The summed E-state index contributed by atoms with van der Waals surface area (Å²) in [6.45, 7) is 2.26. The predicted molar refractivity (Wildman–Crippen MR) is 102 cm³/mol. The molecule has 152 valence electrons. The number of methoxy groups -OCH3 is 1. The minimum absolute atomic E-state index is 0.191. The van der Waals surface area contributed by atoms with Crippen LogP contribution in [0.4, 0.5) is 4.79 Å². The second-order valence-corrected chi connectivity index (χ2v) is 7.14. The molecule has 2 fully saturated rings. The molecule has 8 nitrogen and oxygen atoms in total. The highest BCUT2D eigenvalue weighted by atomic mass is 16.6. The zero-order chi connectivity index (χ0) is 19.9. The van der Waals surface area contributed by atoms with Crippen molar-refractivity contribution >= 4 is 18.0 Å². The van der Waals surface area contributed by atoms with Crippen molar-refractivity contribution in [2.45, 2.75) is 44.2 Å². The van der Waals surface area contributed by atoms with Gasteiger partial charge in [0.25, 0.3) is 0 Å². The first-order valence-electron chi connectivity index (χ1n) is 9.74. The summed E-state index contributed by atoms with van der Waals surface area (Å²) in [5.41, 5.74) is 0.830. The number of carbonyl (C=O) groups excluding carboxylic acids is 3. The molecule has 3 rings (SSSR count). The van der Waals surface area contributed by atoms with E-state index in [1.165, 1.54) is 7.11 Å². The van der Waals surface area contributed by atoms with E-state index in [0.717, 1.165) is 50.9 Å². The van der Waals surface area contributed by atoms with E-state index in [1.54, 1.807) is 29.2 Å². The molecule has 2 heterocycles. The molecule has 2 N–H and O–H groups in total. The molecule has 0 aliphatic carbocycles. The van der Waals surface area contributed by atoms with Crippen molar-refractivity contribution in [3.63, 3.8) is 0 Å². The summed E-state index contributed by atoms with van der Waals surface area (Å²) in [5.74, 6) is -0.227. The van der Waals surface area contributed by atoms with Gasteiger partial charge < -0.3 is 25.0 Å². The lowest BCUT2D eigenvalue weighted by molar-refractivity contribution is -0.145. The molecule has 0 bridgehead atoms. The van der Waals surface area contributed by atoms with Crippen LogP contribution < -0.4 is 15.4 Å². The van der Waals surface area contributed by atoms with Gasteiger partial charge in [-0.25, -0.2) is 9.59 Å². The van der Waals surface area contributed by atoms with Gasteiger partial charge in [-0.2, -0.15) is 0 Å². The number of hydrogen-bond acceptors (Lipinski definition) is 6. The molecule has 2 aliphatic rings. The van der Waals surface area contributed by atoms with E-state index >= 15 is 0 Å². The van der Waals surface area contributed by atoms with Crippen molar-refractivity contribution in [2.24, 2.45) is 0 Å². The van der Waals surface area contributed by atoms with Crippen LogP contribution in [-0.4, -0.2) is 61.7 Å². The number of benzene rings is 1. The SMILES string of the molecule is COC(=O)C(Cc1ccc(OC(=O)N2CCCC2)cc1)NC(=O)[C@@H]1CCCN1. The van der Waals surface area contributed by atoms with Gasteiger partial charge in [0.15, 0.2) is 0 Å². The summed E-state index contributed by atoms with van der Waals surface area (Å²) >= 11 is 0. The average Bonchev–Trinajstić information content (AvgIpc) is 3.42.